The molecular weight excluding hydrogens is 254 g/mol. The summed E-state index contributed by atoms with van der Waals surface area (Å²) in [6.07, 6.45) is 2.52. The van der Waals surface area contributed by atoms with Gasteiger partial charge in [0.15, 0.2) is 11.5 Å². The molecule has 0 saturated carbocycles. The lowest BCUT2D eigenvalue weighted by atomic mass is 10.2. The van der Waals surface area contributed by atoms with Gasteiger partial charge in [-0.05, 0) is 24.3 Å². The second-order valence-corrected chi connectivity index (χ2v) is 4.35. The first-order valence-electron chi connectivity index (χ1n) is 6.38. The summed E-state index contributed by atoms with van der Waals surface area (Å²) in [5, 5.41) is 12.2. The minimum Gasteiger partial charge on any atom is -0.490 e. The zero-order chi connectivity index (χ0) is 13.8. The van der Waals surface area contributed by atoms with Crippen molar-refractivity contribution in [1.29, 1.82) is 5.26 Å². The zero-order valence-electron chi connectivity index (χ0n) is 10.8. The van der Waals surface area contributed by atoms with Gasteiger partial charge in [0.1, 0.15) is 11.9 Å². The average molecular weight is 267 g/mol. The molecule has 1 aromatic carbocycles. The van der Waals surface area contributed by atoms with Gasteiger partial charge in [0.2, 0.25) is 0 Å². The molecule has 0 amide bonds. The lowest BCUT2D eigenvalue weighted by Crippen LogP contribution is -1.98. The maximum Gasteiger partial charge on any atom is 0.163 e. The van der Waals surface area contributed by atoms with E-state index in [0.29, 0.717) is 30.3 Å². The van der Waals surface area contributed by atoms with E-state index >= 15 is 0 Å². The van der Waals surface area contributed by atoms with Gasteiger partial charge in [-0.2, -0.15) is 5.26 Å². The van der Waals surface area contributed by atoms with E-state index in [9.17, 15) is 0 Å². The third kappa shape index (κ3) is 2.50. The molecule has 0 aliphatic carbocycles. The van der Waals surface area contributed by atoms with E-state index in [0.717, 1.165) is 17.9 Å². The minimum absolute atomic E-state index is 0.500. The Hall–Kier alpha value is -2.74. The second kappa shape index (κ2) is 5.49. The molecule has 1 aromatic heterocycles. The van der Waals surface area contributed by atoms with Crippen molar-refractivity contribution >= 4 is 11.5 Å². The van der Waals surface area contributed by atoms with Crippen molar-refractivity contribution in [2.45, 2.75) is 6.42 Å². The largest absolute Gasteiger partial charge is 0.490 e. The first-order valence-corrected chi connectivity index (χ1v) is 6.38. The fourth-order valence-corrected chi connectivity index (χ4v) is 1.97. The molecule has 3 rings (SSSR count). The zero-order valence-corrected chi connectivity index (χ0v) is 10.8. The lowest BCUT2D eigenvalue weighted by Gasteiger charge is -2.11. The van der Waals surface area contributed by atoms with E-state index in [-0.39, 0.29) is 0 Å². The summed E-state index contributed by atoms with van der Waals surface area (Å²) in [5.41, 5.74) is 1.31. The van der Waals surface area contributed by atoms with Crippen LogP contribution in [0, 0.1) is 11.3 Å². The van der Waals surface area contributed by atoms with Crippen LogP contribution >= 0.6 is 0 Å². The Bertz CT molecular complexity index is 664. The predicted molar refractivity (Wildman–Crippen MR) is 74.3 cm³/mol. The minimum atomic E-state index is 0.500. The number of pyridine rings is 1. The van der Waals surface area contributed by atoms with Crippen LogP contribution < -0.4 is 14.8 Å². The van der Waals surface area contributed by atoms with Crippen molar-refractivity contribution in [2.24, 2.45) is 0 Å². The number of benzene rings is 1. The molecule has 1 aliphatic rings. The van der Waals surface area contributed by atoms with E-state index in [2.05, 4.69) is 16.4 Å². The molecule has 2 aromatic rings. The van der Waals surface area contributed by atoms with E-state index in [1.807, 2.05) is 18.2 Å². The van der Waals surface area contributed by atoms with Crippen LogP contribution in [-0.4, -0.2) is 18.2 Å². The number of anilines is 2. The van der Waals surface area contributed by atoms with Crippen LogP contribution in [0.25, 0.3) is 0 Å². The normalized spacial score (nSPS) is 13.2. The maximum absolute atomic E-state index is 9.05. The van der Waals surface area contributed by atoms with Crippen molar-refractivity contribution in [3.63, 3.8) is 0 Å². The van der Waals surface area contributed by atoms with Crippen LogP contribution in [0.2, 0.25) is 0 Å². The molecule has 2 heterocycles. The molecule has 0 atom stereocenters. The summed E-state index contributed by atoms with van der Waals surface area (Å²) in [4.78, 5) is 4.17. The average Bonchev–Trinajstić information content (AvgIpc) is 2.72. The van der Waals surface area contributed by atoms with Crippen molar-refractivity contribution in [2.75, 3.05) is 18.5 Å². The fourth-order valence-electron chi connectivity index (χ4n) is 1.97. The molecule has 20 heavy (non-hydrogen) atoms. The van der Waals surface area contributed by atoms with Crippen LogP contribution in [0.4, 0.5) is 11.5 Å². The summed E-state index contributed by atoms with van der Waals surface area (Å²) < 4.78 is 11.2. The van der Waals surface area contributed by atoms with Gasteiger partial charge in [0.25, 0.3) is 0 Å². The van der Waals surface area contributed by atoms with Crippen LogP contribution in [-0.2, 0) is 0 Å². The van der Waals surface area contributed by atoms with Crippen molar-refractivity contribution < 1.29 is 9.47 Å². The highest BCUT2D eigenvalue weighted by atomic mass is 16.5. The number of nitrogens with one attached hydrogen (secondary N) is 1. The van der Waals surface area contributed by atoms with Gasteiger partial charge in [-0.3, -0.25) is 0 Å². The van der Waals surface area contributed by atoms with Crippen LogP contribution in [0.1, 0.15) is 12.0 Å². The van der Waals surface area contributed by atoms with Crippen LogP contribution in [0.3, 0.4) is 0 Å². The predicted octanol–water partition coefficient (Wildman–Crippen LogP) is 2.86. The molecule has 1 aliphatic heterocycles. The number of rotatable bonds is 2. The van der Waals surface area contributed by atoms with E-state index in [1.54, 1.807) is 18.3 Å². The molecule has 0 spiro atoms. The second-order valence-electron chi connectivity index (χ2n) is 4.35. The highest BCUT2D eigenvalue weighted by molar-refractivity contribution is 5.65. The van der Waals surface area contributed by atoms with Gasteiger partial charge < -0.3 is 14.8 Å². The van der Waals surface area contributed by atoms with Gasteiger partial charge in [-0.15, -0.1) is 0 Å². The Balaban J connectivity index is 1.88. The Morgan fingerprint density at radius 1 is 1.15 bits per heavy atom. The third-order valence-electron chi connectivity index (χ3n) is 2.94. The highest BCUT2D eigenvalue weighted by Crippen LogP contribution is 2.33. The highest BCUT2D eigenvalue weighted by Gasteiger charge is 2.11. The Kier molecular flexibility index (Phi) is 3.38. The summed E-state index contributed by atoms with van der Waals surface area (Å²) >= 11 is 0. The molecule has 0 saturated heterocycles. The number of hydrogen-bond acceptors (Lipinski definition) is 5. The number of nitriles is 1. The van der Waals surface area contributed by atoms with Crippen LogP contribution in [0.15, 0.2) is 36.5 Å². The first kappa shape index (κ1) is 12.3. The van der Waals surface area contributed by atoms with Crippen molar-refractivity contribution in [1.82, 2.24) is 4.98 Å². The SMILES string of the molecule is N#Cc1cccnc1Nc1ccc2c(c1)OCCCO2. The standard InChI is InChI=1S/C15H13N3O2/c16-10-11-3-1-6-17-15(11)18-12-4-5-13-14(9-12)20-8-2-7-19-13/h1,3-6,9H,2,7-8H2,(H,17,18). The van der Waals surface area contributed by atoms with Gasteiger partial charge in [0, 0.05) is 24.4 Å². The molecule has 0 bridgehead atoms. The summed E-state index contributed by atoms with van der Waals surface area (Å²) in [7, 11) is 0. The molecule has 0 unspecified atom stereocenters. The summed E-state index contributed by atoms with van der Waals surface area (Å²) in [5.74, 6) is 1.99. The lowest BCUT2D eigenvalue weighted by molar-refractivity contribution is 0.297. The molecule has 100 valence electrons. The Labute approximate surface area is 116 Å². The summed E-state index contributed by atoms with van der Waals surface area (Å²) in [6, 6.07) is 11.2. The number of hydrogen-bond donors (Lipinski definition) is 1. The quantitative estimate of drug-likeness (QED) is 0.906. The van der Waals surface area contributed by atoms with Gasteiger partial charge >= 0.3 is 0 Å². The number of ether oxygens (including phenoxy) is 2. The van der Waals surface area contributed by atoms with E-state index in [1.165, 1.54) is 0 Å². The number of fused-ring (bicyclic) bond motifs is 1. The number of nitrogens with zero attached hydrogens (tertiary/aromatic N) is 2. The van der Waals surface area contributed by atoms with Gasteiger partial charge in [-0.25, -0.2) is 4.98 Å². The van der Waals surface area contributed by atoms with Gasteiger partial charge in [-0.1, -0.05) is 0 Å². The Morgan fingerprint density at radius 2 is 2.00 bits per heavy atom. The molecule has 5 heteroatoms. The summed E-state index contributed by atoms with van der Waals surface area (Å²) in [6.45, 7) is 1.31. The topological polar surface area (TPSA) is 67.2 Å². The first-order chi connectivity index (χ1) is 9.86. The van der Waals surface area contributed by atoms with E-state index in [4.69, 9.17) is 14.7 Å². The van der Waals surface area contributed by atoms with Crippen molar-refractivity contribution in [3.8, 4) is 17.6 Å². The van der Waals surface area contributed by atoms with Crippen LogP contribution in [0.5, 0.6) is 11.5 Å². The third-order valence-corrected chi connectivity index (χ3v) is 2.94. The molecule has 0 radical (unpaired) electrons. The molecule has 1 N–H and O–H groups in total. The molecule has 5 nitrogen and oxygen atoms in total. The Morgan fingerprint density at radius 3 is 2.85 bits per heavy atom. The molecule has 0 fully saturated rings. The molecular formula is C15H13N3O2. The fraction of sp³-hybridized carbons (Fsp3) is 0.200. The van der Waals surface area contributed by atoms with Crippen molar-refractivity contribution in [3.05, 3.63) is 42.1 Å². The smallest absolute Gasteiger partial charge is 0.163 e. The number of aromatic nitrogens is 1. The van der Waals surface area contributed by atoms with Gasteiger partial charge in [0.05, 0.1) is 18.8 Å². The van der Waals surface area contributed by atoms with E-state index < -0.39 is 0 Å². The monoisotopic (exact) mass is 267 g/mol. The maximum atomic E-state index is 9.05.